The number of carbonyl (C=O) groups excluding carboxylic acids is 1. The first-order chi connectivity index (χ1) is 15.7. The minimum absolute atomic E-state index is 0.00757. The minimum atomic E-state index is -3.24. The Morgan fingerprint density at radius 1 is 1.06 bits per heavy atom. The molecule has 1 aliphatic heterocycles. The molecule has 0 unspecified atom stereocenters. The lowest BCUT2D eigenvalue weighted by molar-refractivity contribution is -0.140. The van der Waals surface area contributed by atoms with Crippen molar-refractivity contribution in [3.05, 3.63) is 78.1 Å². The van der Waals surface area contributed by atoms with Crippen molar-refractivity contribution in [1.82, 2.24) is 4.90 Å². The van der Waals surface area contributed by atoms with Gasteiger partial charge in [-0.25, -0.2) is 17.2 Å². The smallest absolute Gasteiger partial charge is 0.264 e. The van der Waals surface area contributed by atoms with Crippen LogP contribution in [0.2, 0.25) is 0 Å². The minimum Gasteiger partial charge on any atom is -0.481 e. The Bertz CT molecular complexity index is 1220. The Balaban J connectivity index is 1.54. The lowest BCUT2D eigenvalue weighted by atomic mass is 10.1. The van der Waals surface area contributed by atoms with Crippen LogP contribution in [-0.2, 0) is 21.2 Å². The van der Waals surface area contributed by atoms with Gasteiger partial charge in [0.05, 0.1) is 18.1 Å². The number of furan rings is 1. The van der Waals surface area contributed by atoms with E-state index >= 15 is 0 Å². The van der Waals surface area contributed by atoms with E-state index in [1.54, 1.807) is 31.2 Å². The number of carbonyl (C=O) groups is 1. The highest BCUT2D eigenvalue weighted by molar-refractivity contribution is 7.91. The number of amides is 1. The van der Waals surface area contributed by atoms with Gasteiger partial charge in [-0.2, -0.15) is 0 Å². The van der Waals surface area contributed by atoms with E-state index in [0.29, 0.717) is 29.3 Å². The van der Waals surface area contributed by atoms with Gasteiger partial charge in [0.1, 0.15) is 28.9 Å². The average molecular weight is 476 g/mol. The molecule has 0 bridgehead atoms. The maximum Gasteiger partial charge on any atom is 0.264 e. The predicted octanol–water partition coefficient (Wildman–Crippen LogP) is 4.21. The summed E-state index contributed by atoms with van der Waals surface area (Å²) in [6, 6.07) is 14.0. The number of hydrogen-bond acceptors (Lipinski definition) is 5. The summed E-state index contributed by atoms with van der Waals surface area (Å²) >= 11 is 0. The van der Waals surface area contributed by atoms with Crippen LogP contribution in [0.4, 0.5) is 8.78 Å². The summed E-state index contributed by atoms with van der Waals surface area (Å²) in [6.45, 7) is 1.62. The molecule has 9 heteroatoms. The standard InChI is InChI=1S/C24H23F2NO5S/c1-16(31-21-8-6-19(26)7-9-21)24(28)27(20-12-13-33(29,30)15-20)14-22-10-11-23(32-22)17-2-4-18(25)5-3-17/h2-11,16,20H,12-15H2,1H3/t16-,20+/m1/s1. The van der Waals surface area contributed by atoms with Gasteiger partial charge in [-0.3, -0.25) is 4.79 Å². The van der Waals surface area contributed by atoms with Crippen LogP contribution in [-0.4, -0.2) is 42.9 Å². The van der Waals surface area contributed by atoms with Crippen LogP contribution in [0.5, 0.6) is 5.75 Å². The molecule has 174 valence electrons. The summed E-state index contributed by atoms with van der Waals surface area (Å²) in [7, 11) is -3.24. The maximum atomic E-state index is 13.3. The predicted molar refractivity (Wildman–Crippen MR) is 118 cm³/mol. The second kappa shape index (κ2) is 9.35. The summed E-state index contributed by atoms with van der Waals surface area (Å²) in [5.41, 5.74) is 0.678. The number of ether oxygens (including phenoxy) is 1. The Labute approximate surface area is 190 Å². The van der Waals surface area contributed by atoms with Crippen LogP contribution < -0.4 is 4.74 Å². The molecule has 1 saturated heterocycles. The quantitative estimate of drug-likeness (QED) is 0.512. The van der Waals surface area contributed by atoms with Gasteiger partial charge in [-0.05, 0) is 74.0 Å². The van der Waals surface area contributed by atoms with E-state index in [2.05, 4.69) is 0 Å². The Morgan fingerprint density at radius 2 is 1.70 bits per heavy atom. The van der Waals surface area contributed by atoms with Crippen LogP contribution in [0.25, 0.3) is 11.3 Å². The molecule has 1 aliphatic rings. The van der Waals surface area contributed by atoms with E-state index in [4.69, 9.17) is 9.15 Å². The summed E-state index contributed by atoms with van der Waals surface area (Å²) in [5.74, 6) is -0.0166. The first-order valence-corrected chi connectivity index (χ1v) is 12.3. The van der Waals surface area contributed by atoms with E-state index in [1.165, 1.54) is 41.3 Å². The van der Waals surface area contributed by atoms with Crippen molar-refractivity contribution in [2.75, 3.05) is 11.5 Å². The van der Waals surface area contributed by atoms with Crippen molar-refractivity contribution >= 4 is 15.7 Å². The monoisotopic (exact) mass is 475 g/mol. The highest BCUT2D eigenvalue weighted by Gasteiger charge is 2.37. The number of halogens is 2. The van der Waals surface area contributed by atoms with Gasteiger partial charge in [0.25, 0.3) is 5.91 Å². The van der Waals surface area contributed by atoms with Crippen molar-refractivity contribution in [3.63, 3.8) is 0 Å². The van der Waals surface area contributed by atoms with E-state index < -0.39 is 33.7 Å². The third-order valence-corrected chi connectivity index (χ3v) is 7.27. The molecule has 4 rings (SSSR count). The van der Waals surface area contributed by atoms with Gasteiger partial charge in [0, 0.05) is 11.6 Å². The third kappa shape index (κ3) is 5.60. The lowest BCUT2D eigenvalue weighted by Gasteiger charge is -2.30. The second-order valence-corrected chi connectivity index (χ2v) is 10.2. The van der Waals surface area contributed by atoms with Crippen molar-refractivity contribution < 1.29 is 31.1 Å². The molecular formula is C24H23F2NO5S. The molecule has 1 amide bonds. The Hall–Kier alpha value is -3.20. The van der Waals surface area contributed by atoms with Gasteiger partial charge in [0.2, 0.25) is 0 Å². The van der Waals surface area contributed by atoms with Crippen LogP contribution >= 0.6 is 0 Å². The highest BCUT2D eigenvalue weighted by Crippen LogP contribution is 2.26. The van der Waals surface area contributed by atoms with Gasteiger partial charge >= 0.3 is 0 Å². The molecule has 0 saturated carbocycles. The second-order valence-electron chi connectivity index (χ2n) is 8.01. The van der Waals surface area contributed by atoms with Crippen LogP contribution in [0, 0.1) is 11.6 Å². The molecule has 2 aromatic carbocycles. The van der Waals surface area contributed by atoms with Crippen LogP contribution in [0.3, 0.4) is 0 Å². The fourth-order valence-corrected chi connectivity index (χ4v) is 5.54. The number of rotatable bonds is 7. The Kier molecular flexibility index (Phi) is 6.51. The summed E-state index contributed by atoms with van der Waals surface area (Å²) in [6.07, 6.45) is -0.603. The third-order valence-electron chi connectivity index (χ3n) is 5.52. The molecule has 0 aliphatic carbocycles. The van der Waals surface area contributed by atoms with E-state index in [1.807, 2.05) is 0 Å². The zero-order chi connectivity index (χ0) is 23.6. The summed E-state index contributed by atoms with van der Waals surface area (Å²) in [4.78, 5) is 14.7. The fraction of sp³-hybridized carbons (Fsp3) is 0.292. The summed E-state index contributed by atoms with van der Waals surface area (Å²) in [5, 5.41) is 0. The fourth-order valence-electron chi connectivity index (χ4n) is 3.81. The lowest BCUT2D eigenvalue weighted by Crippen LogP contribution is -2.46. The molecule has 1 aromatic heterocycles. The van der Waals surface area contributed by atoms with Gasteiger partial charge in [0.15, 0.2) is 15.9 Å². The molecule has 2 heterocycles. The van der Waals surface area contributed by atoms with Crippen molar-refractivity contribution in [1.29, 1.82) is 0 Å². The van der Waals surface area contributed by atoms with Crippen LogP contribution in [0.15, 0.2) is 65.1 Å². The molecule has 6 nitrogen and oxygen atoms in total. The van der Waals surface area contributed by atoms with E-state index in [-0.39, 0.29) is 23.9 Å². The first kappa shape index (κ1) is 23.0. The molecular weight excluding hydrogens is 452 g/mol. The first-order valence-electron chi connectivity index (χ1n) is 10.5. The number of hydrogen-bond donors (Lipinski definition) is 0. The van der Waals surface area contributed by atoms with Gasteiger partial charge in [-0.15, -0.1) is 0 Å². The van der Waals surface area contributed by atoms with Crippen molar-refractivity contribution in [2.24, 2.45) is 0 Å². The van der Waals surface area contributed by atoms with Crippen molar-refractivity contribution in [2.45, 2.75) is 32.0 Å². The number of nitrogens with zero attached hydrogens (tertiary/aromatic N) is 1. The van der Waals surface area contributed by atoms with Crippen LogP contribution in [0.1, 0.15) is 19.1 Å². The van der Waals surface area contributed by atoms with Gasteiger partial charge < -0.3 is 14.1 Å². The SMILES string of the molecule is C[C@@H](Oc1ccc(F)cc1)C(=O)N(Cc1ccc(-c2ccc(F)cc2)o1)[C@H]1CCS(=O)(=O)C1. The Morgan fingerprint density at radius 3 is 2.30 bits per heavy atom. The van der Waals surface area contributed by atoms with E-state index in [0.717, 1.165) is 0 Å². The molecule has 0 N–H and O–H groups in total. The molecule has 2 atom stereocenters. The largest absolute Gasteiger partial charge is 0.481 e. The number of sulfone groups is 1. The summed E-state index contributed by atoms with van der Waals surface area (Å²) < 4.78 is 62.0. The highest BCUT2D eigenvalue weighted by atomic mass is 32.2. The maximum absolute atomic E-state index is 13.3. The molecule has 0 spiro atoms. The zero-order valence-corrected chi connectivity index (χ0v) is 18.7. The molecule has 3 aromatic rings. The normalized spacial score (nSPS) is 18.1. The molecule has 33 heavy (non-hydrogen) atoms. The van der Waals surface area contributed by atoms with Gasteiger partial charge in [-0.1, -0.05) is 0 Å². The zero-order valence-electron chi connectivity index (χ0n) is 17.9. The number of benzene rings is 2. The average Bonchev–Trinajstić information content (AvgIpc) is 3.39. The van der Waals surface area contributed by atoms with Crippen molar-refractivity contribution in [3.8, 4) is 17.1 Å². The topological polar surface area (TPSA) is 76.8 Å². The van der Waals surface area contributed by atoms with E-state index in [9.17, 15) is 22.0 Å². The molecule has 1 fully saturated rings. The molecule has 0 radical (unpaired) electrons.